The van der Waals surface area contributed by atoms with E-state index in [1.807, 2.05) is 0 Å². The van der Waals surface area contributed by atoms with E-state index in [1.165, 1.54) is 11.8 Å². The van der Waals surface area contributed by atoms with Gasteiger partial charge in [-0.2, -0.15) is 0 Å². The van der Waals surface area contributed by atoms with Gasteiger partial charge >= 0.3 is 0 Å². The summed E-state index contributed by atoms with van der Waals surface area (Å²) in [5.74, 6) is 1.42. The summed E-state index contributed by atoms with van der Waals surface area (Å²) < 4.78 is 1.80. The SMILES string of the molecule is CCSc1nnc(Sc2nccnc2N)s1. The van der Waals surface area contributed by atoms with Crippen molar-refractivity contribution in [2.45, 2.75) is 20.6 Å². The first-order valence-electron chi connectivity index (χ1n) is 4.50. The van der Waals surface area contributed by atoms with Crippen LogP contribution >= 0.6 is 34.9 Å². The maximum atomic E-state index is 5.69. The topological polar surface area (TPSA) is 77.6 Å². The number of thioether (sulfide) groups is 1. The molecule has 0 spiro atoms. The van der Waals surface area contributed by atoms with Crippen LogP contribution in [0.5, 0.6) is 0 Å². The predicted octanol–water partition coefficient (Wildman–Crippen LogP) is 2.17. The lowest BCUT2D eigenvalue weighted by Gasteiger charge is -1.97. The van der Waals surface area contributed by atoms with Gasteiger partial charge in [-0.05, 0) is 17.5 Å². The summed E-state index contributed by atoms with van der Waals surface area (Å²) in [6, 6.07) is 0. The van der Waals surface area contributed by atoms with E-state index in [0.29, 0.717) is 10.8 Å². The van der Waals surface area contributed by atoms with E-state index >= 15 is 0 Å². The zero-order chi connectivity index (χ0) is 11.4. The fourth-order valence-electron chi connectivity index (χ4n) is 0.918. The number of hydrogen-bond acceptors (Lipinski definition) is 8. The van der Waals surface area contributed by atoms with Gasteiger partial charge in [-0.15, -0.1) is 10.2 Å². The minimum atomic E-state index is 0.424. The van der Waals surface area contributed by atoms with Crippen LogP contribution in [0.4, 0.5) is 5.82 Å². The number of aromatic nitrogens is 4. The third-order valence-electron chi connectivity index (χ3n) is 1.53. The van der Waals surface area contributed by atoms with E-state index in [2.05, 4.69) is 27.1 Å². The van der Waals surface area contributed by atoms with Crippen LogP contribution in [0.1, 0.15) is 6.92 Å². The van der Waals surface area contributed by atoms with Gasteiger partial charge in [-0.25, -0.2) is 9.97 Å². The highest BCUT2D eigenvalue weighted by molar-refractivity contribution is 8.03. The van der Waals surface area contributed by atoms with E-state index in [0.717, 1.165) is 14.4 Å². The molecule has 5 nitrogen and oxygen atoms in total. The Bertz CT molecular complexity index is 472. The predicted molar refractivity (Wildman–Crippen MR) is 66.9 cm³/mol. The first kappa shape index (κ1) is 11.6. The van der Waals surface area contributed by atoms with Crippen LogP contribution in [0.15, 0.2) is 26.1 Å². The van der Waals surface area contributed by atoms with Gasteiger partial charge in [0.25, 0.3) is 0 Å². The summed E-state index contributed by atoms with van der Waals surface area (Å²) in [5, 5.41) is 8.78. The normalized spacial score (nSPS) is 10.6. The lowest BCUT2D eigenvalue weighted by atomic mass is 10.7. The molecule has 16 heavy (non-hydrogen) atoms. The van der Waals surface area contributed by atoms with E-state index in [9.17, 15) is 0 Å². The van der Waals surface area contributed by atoms with E-state index in [-0.39, 0.29) is 0 Å². The molecule has 0 aliphatic carbocycles. The number of nitrogens with zero attached hydrogens (tertiary/aromatic N) is 4. The molecular weight excluding hydrogens is 262 g/mol. The Labute approximate surface area is 105 Å². The second kappa shape index (κ2) is 5.46. The summed E-state index contributed by atoms with van der Waals surface area (Å²) in [7, 11) is 0. The number of nitrogen functional groups attached to an aromatic ring is 1. The molecule has 84 valence electrons. The molecule has 0 radical (unpaired) electrons. The average molecular weight is 271 g/mol. The quantitative estimate of drug-likeness (QED) is 0.854. The van der Waals surface area contributed by atoms with Gasteiger partial charge in [0.2, 0.25) is 0 Å². The summed E-state index contributed by atoms with van der Waals surface area (Å²) in [6.45, 7) is 2.08. The molecule has 0 amide bonds. The molecule has 0 saturated carbocycles. The Balaban J connectivity index is 2.11. The minimum Gasteiger partial charge on any atom is -0.381 e. The van der Waals surface area contributed by atoms with E-state index in [1.54, 1.807) is 35.5 Å². The third kappa shape index (κ3) is 2.83. The van der Waals surface area contributed by atoms with Crippen molar-refractivity contribution in [3.05, 3.63) is 12.4 Å². The highest BCUT2D eigenvalue weighted by Gasteiger charge is 2.09. The maximum Gasteiger partial charge on any atom is 0.181 e. The van der Waals surface area contributed by atoms with Crippen LogP contribution < -0.4 is 5.73 Å². The van der Waals surface area contributed by atoms with Gasteiger partial charge in [0.15, 0.2) is 14.5 Å². The standard InChI is InChI=1S/C8H9N5S3/c1-2-14-7-12-13-8(16-7)15-6-5(9)10-3-4-11-6/h3-4H,2H2,1H3,(H2,9,10). The number of nitrogens with two attached hydrogens (primary N) is 1. The molecule has 0 saturated heterocycles. The first-order chi connectivity index (χ1) is 7.79. The number of anilines is 1. The molecule has 0 aliphatic rings. The average Bonchev–Trinajstić information content (AvgIpc) is 2.70. The molecule has 0 atom stereocenters. The van der Waals surface area contributed by atoms with Crippen LogP contribution in [-0.4, -0.2) is 25.9 Å². The van der Waals surface area contributed by atoms with Crippen molar-refractivity contribution < 1.29 is 0 Å². The molecule has 0 fully saturated rings. The fraction of sp³-hybridized carbons (Fsp3) is 0.250. The second-order valence-corrected chi connectivity index (χ2v) is 6.34. The lowest BCUT2D eigenvalue weighted by Crippen LogP contribution is -1.94. The highest BCUT2D eigenvalue weighted by atomic mass is 32.2. The zero-order valence-corrected chi connectivity index (χ0v) is 10.9. The van der Waals surface area contributed by atoms with Crippen LogP contribution in [-0.2, 0) is 0 Å². The Morgan fingerprint density at radius 2 is 2.00 bits per heavy atom. The van der Waals surface area contributed by atoms with Crippen LogP contribution in [0.25, 0.3) is 0 Å². The van der Waals surface area contributed by atoms with Gasteiger partial charge in [0.05, 0.1) is 0 Å². The van der Waals surface area contributed by atoms with Crippen molar-refractivity contribution in [2.24, 2.45) is 0 Å². The Morgan fingerprint density at radius 1 is 1.25 bits per heavy atom. The molecule has 0 aliphatic heterocycles. The summed E-state index contributed by atoms with van der Waals surface area (Å²) >= 11 is 4.61. The lowest BCUT2D eigenvalue weighted by molar-refractivity contribution is 0.951. The molecule has 2 heterocycles. The second-order valence-electron chi connectivity index (χ2n) is 2.62. The molecule has 2 rings (SSSR count). The molecule has 0 bridgehead atoms. The Kier molecular flexibility index (Phi) is 3.97. The summed E-state index contributed by atoms with van der Waals surface area (Å²) in [6.07, 6.45) is 3.18. The maximum absolute atomic E-state index is 5.69. The first-order valence-corrected chi connectivity index (χ1v) is 7.12. The smallest absolute Gasteiger partial charge is 0.181 e. The van der Waals surface area contributed by atoms with Crippen LogP contribution in [0, 0.1) is 0 Å². The molecule has 0 unspecified atom stereocenters. The molecule has 2 N–H and O–H groups in total. The Hall–Kier alpha value is -0.860. The third-order valence-corrected chi connectivity index (χ3v) is 4.53. The van der Waals surface area contributed by atoms with Gasteiger partial charge in [-0.3, -0.25) is 0 Å². The molecule has 0 aromatic carbocycles. The fourth-order valence-corrected chi connectivity index (χ4v) is 3.72. The molecular formula is C8H9N5S3. The largest absolute Gasteiger partial charge is 0.381 e. The molecule has 2 aromatic heterocycles. The molecule has 2 aromatic rings. The van der Waals surface area contributed by atoms with Crippen molar-refractivity contribution in [2.75, 3.05) is 11.5 Å². The zero-order valence-electron chi connectivity index (χ0n) is 8.45. The van der Waals surface area contributed by atoms with Crippen molar-refractivity contribution in [3.8, 4) is 0 Å². The Morgan fingerprint density at radius 3 is 2.75 bits per heavy atom. The molecule has 8 heteroatoms. The number of hydrogen-bond donors (Lipinski definition) is 1. The minimum absolute atomic E-state index is 0.424. The summed E-state index contributed by atoms with van der Waals surface area (Å²) in [4.78, 5) is 8.10. The van der Waals surface area contributed by atoms with Gasteiger partial charge < -0.3 is 5.73 Å². The van der Waals surface area contributed by atoms with Crippen molar-refractivity contribution >= 4 is 40.7 Å². The number of rotatable bonds is 4. The van der Waals surface area contributed by atoms with Crippen molar-refractivity contribution in [3.63, 3.8) is 0 Å². The monoisotopic (exact) mass is 271 g/mol. The van der Waals surface area contributed by atoms with Gasteiger partial charge in [-0.1, -0.05) is 30.0 Å². The van der Waals surface area contributed by atoms with E-state index in [4.69, 9.17) is 5.73 Å². The van der Waals surface area contributed by atoms with Crippen LogP contribution in [0.3, 0.4) is 0 Å². The highest BCUT2D eigenvalue weighted by Crippen LogP contribution is 2.33. The van der Waals surface area contributed by atoms with E-state index < -0.39 is 0 Å². The van der Waals surface area contributed by atoms with Crippen LogP contribution in [0.2, 0.25) is 0 Å². The van der Waals surface area contributed by atoms with Gasteiger partial charge in [0, 0.05) is 12.4 Å². The van der Waals surface area contributed by atoms with Gasteiger partial charge in [0.1, 0.15) is 5.03 Å². The summed E-state index contributed by atoms with van der Waals surface area (Å²) in [5.41, 5.74) is 5.69. The van der Waals surface area contributed by atoms with Crippen molar-refractivity contribution in [1.29, 1.82) is 0 Å². The van der Waals surface area contributed by atoms with Crippen molar-refractivity contribution in [1.82, 2.24) is 20.2 Å².